The maximum absolute atomic E-state index is 12.4. The molecular weight excluding hydrogens is 338 g/mol. The maximum atomic E-state index is 12.4. The van der Waals surface area contributed by atoms with Gasteiger partial charge in [0.15, 0.2) is 11.5 Å². The summed E-state index contributed by atoms with van der Waals surface area (Å²) in [6, 6.07) is 11.7. The Hall–Kier alpha value is -2.75. The molecule has 0 atom stereocenters. The van der Waals surface area contributed by atoms with Gasteiger partial charge >= 0.3 is 0 Å². The van der Waals surface area contributed by atoms with E-state index in [1.165, 1.54) is 6.08 Å². The van der Waals surface area contributed by atoms with Crippen LogP contribution in [0.15, 0.2) is 42.5 Å². The SMILES string of the molecule is CCCOc1ccc(C=CC(=O)Nc2c(C)cccc2C(C)C)cc1OC. The summed E-state index contributed by atoms with van der Waals surface area (Å²) in [5.41, 5.74) is 3.96. The molecule has 0 spiro atoms. The first-order valence-corrected chi connectivity index (χ1v) is 9.35. The number of rotatable bonds is 8. The van der Waals surface area contributed by atoms with Crippen molar-refractivity contribution in [1.29, 1.82) is 0 Å². The van der Waals surface area contributed by atoms with Crippen molar-refractivity contribution in [2.24, 2.45) is 0 Å². The van der Waals surface area contributed by atoms with Crippen LogP contribution in [0.1, 0.15) is 49.8 Å². The Bertz CT molecular complexity index is 809. The van der Waals surface area contributed by atoms with Gasteiger partial charge in [0.25, 0.3) is 0 Å². The van der Waals surface area contributed by atoms with Gasteiger partial charge in [-0.2, -0.15) is 0 Å². The second-order valence-corrected chi connectivity index (χ2v) is 6.78. The first-order chi connectivity index (χ1) is 13.0. The molecule has 4 heteroatoms. The lowest BCUT2D eigenvalue weighted by Gasteiger charge is -2.15. The number of hydrogen-bond acceptors (Lipinski definition) is 3. The van der Waals surface area contributed by atoms with Crippen molar-refractivity contribution in [2.75, 3.05) is 19.0 Å². The van der Waals surface area contributed by atoms with Crippen molar-refractivity contribution in [3.8, 4) is 11.5 Å². The van der Waals surface area contributed by atoms with Gasteiger partial charge in [0, 0.05) is 11.8 Å². The van der Waals surface area contributed by atoms with Crippen LogP contribution in [0.2, 0.25) is 0 Å². The number of nitrogens with one attached hydrogen (secondary N) is 1. The topological polar surface area (TPSA) is 47.6 Å². The second-order valence-electron chi connectivity index (χ2n) is 6.78. The minimum Gasteiger partial charge on any atom is -0.493 e. The van der Waals surface area contributed by atoms with Crippen LogP contribution in [0, 0.1) is 6.92 Å². The average Bonchev–Trinajstić information content (AvgIpc) is 2.66. The summed E-state index contributed by atoms with van der Waals surface area (Å²) in [5, 5.41) is 3.02. The van der Waals surface area contributed by atoms with E-state index in [0.717, 1.165) is 28.8 Å². The molecular formula is C23H29NO3. The molecule has 0 bridgehead atoms. The van der Waals surface area contributed by atoms with Crippen molar-refractivity contribution >= 4 is 17.7 Å². The standard InChI is InChI=1S/C23H29NO3/c1-6-14-27-20-12-10-18(15-21(20)26-5)11-13-22(25)24-23-17(4)8-7-9-19(23)16(2)3/h7-13,15-16H,6,14H2,1-5H3,(H,24,25). The highest BCUT2D eigenvalue weighted by Gasteiger charge is 2.11. The molecule has 1 amide bonds. The molecule has 4 nitrogen and oxygen atoms in total. The molecule has 0 saturated heterocycles. The Balaban J connectivity index is 2.13. The quantitative estimate of drug-likeness (QED) is 0.621. The van der Waals surface area contributed by atoms with Crippen LogP contribution >= 0.6 is 0 Å². The fourth-order valence-electron chi connectivity index (χ4n) is 2.80. The van der Waals surface area contributed by atoms with E-state index in [1.54, 1.807) is 13.2 Å². The van der Waals surface area contributed by atoms with E-state index in [4.69, 9.17) is 9.47 Å². The number of carbonyl (C=O) groups is 1. The van der Waals surface area contributed by atoms with Crippen LogP contribution in [-0.2, 0) is 4.79 Å². The number of methoxy groups -OCH3 is 1. The Labute approximate surface area is 162 Å². The normalized spacial score (nSPS) is 11.0. The molecule has 2 rings (SSSR count). The van der Waals surface area contributed by atoms with Gasteiger partial charge in [-0.3, -0.25) is 4.79 Å². The van der Waals surface area contributed by atoms with Crippen molar-refractivity contribution in [1.82, 2.24) is 0 Å². The molecule has 144 valence electrons. The summed E-state index contributed by atoms with van der Waals surface area (Å²) in [5.74, 6) is 1.55. The number of amides is 1. The summed E-state index contributed by atoms with van der Waals surface area (Å²) < 4.78 is 11.0. The Morgan fingerprint density at radius 2 is 1.96 bits per heavy atom. The van der Waals surface area contributed by atoms with Crippen molar-refractivity contribution in [3.05, 3.63) is 59.2 Å². The van der Waals surface area contributed by atoms with Crippen molar-refractivity contribution < 1.29 is 14.3 Å². The number of ether oxygens (including phenoxy) is 2. The van der Waals surface area contributed by atoms with Gasteiger partial charge in [0.2, 0.25) is 5.91 Å². The Morgan fingerprint density at radius 1 is 1.19 bits per heavy atom. The molecule has 0 radical (unpaired) electrons. The third-order valence-corrected chi connectivity index (χ3v) is 4.25. The third-order valence-electron chi connectivity index (χ3n) is 4.25. The first kappa shape index (κ1) is 20.6. The van der Waals surface area contributed by atoms with Crippen LogP contribution in [0.3, 0.4) is 0 Å². The molecule has 2 aromatic carbocycles. The maximum Gasteiger partial charge on any atom is 0.248 e. The van der Waals surface area contributed by atoms with Gasteiger partial charge in [0.1, 0.15) is 0 Å². The molecule has 0 unspecified atom stereocenters. The highest BCUT2D eigenvalue weighted by Crippen LogP contribution is 2.29. The van der Waals surface area contributed by atoms with Gasteiger partial charge in [-0.1, -0.05) is 45.0 Å². The molecule has 0 aromatic heterocycles. The molecule has 0 aliphatic heterocycles. The third kappa shape index (κ3) is 5.61. The highest BCUT2D eigenvalue weighted by molar-refractivity contribution is 6.02. The molecule has 0 fully saturated rings. The van der Waals surface area contributed by atoms with Crippen LogP contribution in [0.25, 0.3) is 6.08 Å². The fraction of sp³-hybridized carbons (Fsp3) is 0.348. The summed E-state index contributed by atoms with van der Waals surface area (Å²) in [7, 11) is 1.61. The van der Waals surface area contributed by atoms with Crippen molar-refractivity contribution in [2.45, 2.75) is 40.0 Å². The molecule has 0 heterocycles. The average molecular weight is 367 g/mol. The van der Waals surface area contributed by atoms with E-state index in [2.05, 4.69) is 32.2 Å². The smallest absolute Gasteiger partial charge is 0.248 e. The predicted octanol–water partition coefficient (Wildman–Crippen LogP) is 5.57. The van der Waals surface area contributed by atoms with Crippen molar-refractivity contribution in [3.63, 3.8) is 0 Å². The first-order valence-electron chi connectivity index (χ1n) is 9.35. The van der Waals surface area contributed by atoms with Crippen LogP contribution < -0.4 is 14.8 Å². The summed E-state index contributed by atoms with van der Waals surface area (Å²) in [6.07, 6.45) is 4.24. The molecule has 0 aliphatic carbocycles. The molecule has 1 N–H and O–H groups in total. The van der Waals surface area contributed by atoms with Crippen LogP contribution in [-0.4, -0.2) is 19.6 Å². The number of aryl methyl sites for hydroxylation is 1. The fourth-order valence-corrected chi connectivity index (χ4v) is 2.80. The molecule has 0 saturated carbocycles. The van der Waals surface area contributed by atoms with E-state index in [0.29, 0.717) is 24.0 Å². The Kier molecular flexibility index (Phi) is 7.47. The lowest BCUT2D eigenvalue weighted by Crippen LogP contribution is -2.11. The zero-order chi connectivity index (χ0) is 19.8. The zero-order valence-corrected chi connectivity index (χ0v) is 16.8. The molecule has 2 aromatic rings. The number of hydrogen-bond donors (Lipinski definition) is 1. The van der Waals surface area contributed by atoms with E-state index in [1.807, 2.05) is 37.3 Å². The van der Waals surface area contributed by atoms with Crippen LogP contribution in [0.4, 0.5) is 5.69 Å². The Morgan fingerprint density at radius 3 is 2.63 bits per heavy atom. The number of benzene rings is 2. The zero-order valence-electron chi connectivity index (χ0n) is 16.8. The van der Waals surface area contributed by atoms with E-state index >= 15 is 0 Å². The summed E-state index contributed by atoms with van der Waals surface area (Å²) in [6.45, 7) is 8.94. The van der Waals surface area contributed by atoms with E-state index < -0.39 is 0 Å². The monoisotopic (exact) mass is 367 g/mol. The second kappa shape index (κ2) is 9.81. The van der Waals surface area contributed by atoms with E-state index in [9.17, 15) is 4.79 Å². The minimum absolute atomic E-state index is 0.156. The lowest BCUT2D eigenvalue weighted by atomic mass is 9.98. The van der Waals surface area contributed by atoms with Gasteiger partial charge in [0.05, 0.1) is 13.7 Å². The lowest BCUT2D eigenvalue weighted by molar-refractivity contribution is -0.111. The minimum atomic E-state index is -0.156. The number of anilines is 1. The van der Waals surface area contributed by atoms with Gasteiger partial charge < -0.3 is 14.8 Å². The molecule has 27 heavy (non-hydrogen) atoms. The highest BCUT2D eigenvalue weighted by atomic mass is 16.5. The van der Waals surface area contributed by atoms with Gasteiger partial charge in [-0.25, -0.2) is 0 Å². The number of para-hydroxylation sites is 1. The molecule has 0 aliphatic rings. The van der Waals surface area contributed by atoms with E-state index in [-0.39, 0.29) is 5.91 Å². The summed E-state index contributed by atoms with van der Waals surface area (Å²) in [4.78, 5) is 12.4. The largest absolute Gasteiger partial charge is 0.493 e. The van der Waals surface area contributed by atoms with Gasteiger partial charge in [-0.05, 0) is 54.2 Å². The summed E-state index contributed by atoms with van der Waals surface area (Å²) >= 11 is 0. The van der Waals surface area contributed by atoms with Crippen LogP contribution in [0.5, 0.6) is 11.5 Å². The number of carbonyl (C=O) groups excluding carboxylic acids is 1. The predicted molar refractivity (Wildman–Crippen MR) is 112 cm³/mol. The van der Waals surface area contributed by atoms with Gasteiger partial charge in [-0.15, -0.1) is 0 Å².